The maximum Gasteiger partial charge on any atom is 0.408 e. The Labute approximate surface area is 214 Å². The minimum atomic E-state index is -1.16. The molecule has 202 valence electrons. The number of hydrogen-bond acceptors (Lipinski definition) is 9. The van der Waals surface area contributed by atoms with Gasteiger partial charge in [0, 0.05) is 25.0 Å². The number of aliphatic hydroxyl groups is 1. The molecule has 35 heavy (non-hydrogen) atoms. The van der Waals surface area contributed by atoms with Gasteiger partial charge in [0.1, 0.15) is 22.3 Å². The molecule has 0 radical (unpaired) electrons. The minimum Gasteiger partial charge on any atom is -0.453 e. The van der Waals surface area contributed by atoms with Gasteiger partial charge in [0.25, 0.3) is 0 Å². The number of nitrogens with one attached hydrogen (secondary N) is 2. The highest BCUT2D eigenvalue weighted by molar-refractivity contribution is 7.09. The Kier molecular flexibility index (Phi) is 13.2. The van der Waals surface area contributed by atoms with Crippen LogP contribution in [0.2, 0.25) is 0 Å². The van der Waals surface area contributed by atoms with Crippen molar-refractivity contribution in [1.29, 1.82) is 0 Å². The maximum absolute atomic E-state index is 13.4. The van der Waals surface area contributed by atoms with Gasteiger partial charge in [-0.1, -0.05) is 41.0 Å². The van der Waals surface area contributed by atoms with Crippen molar-refractivity contribution in [3.8, 4) is 0 Å². The van der Waals surface area contributed by atoms with Crippen molar-refractivity contribution in [2.45, 2.75) is 105 Å². The van der Waals surface area contributed by atoms with Gasteiger partial charge in [-0.05, 0) is 45.6 Å². The van der Waals surface area contributed by atoms with E-state index in [4.69, 9.17) is 14.2 Å². The first-order chi connectivity index (χ1) is 16.3. The van der Waals surface area contributed by atoms with Crippen LogP contribution in [-0.2, 0) is 19.0 Å². The van der Waals surface area contributed by atoms with Crippen LogP contribution in [0.25, 0.3) is 0 Å². The molecule has 0 aliphatic heterocycles. The van der Waals surface area contributed by atoms with Crippen LogP contribution >= 0.6 is 11.3 Å². The first-order valence-corrected chi connectivity index (χ1v) is 13.3. The maximum atomic E-state index is 13.4. The van der Waals surface area contributed by atoms with Gasteiger partial charge < -0.3 is 30.0 Å². The molecule has 0 spiro atoms. The Hall–Kier alpha value is -1.75. The SMILES string of the molecule is CCCN[C@H](C[C@@H](OC(=O)[C@@H](NC(=O)OC(C)(C)C)[C@@H](C)CC)c1nc(C(O)OC)cs1)C(C)C. The molecule has 0 aliphatic carbocycles. The van der Waals surface area contributed by atoms with Crippen molar-refractivity contribution in [2.24, 2.45) is 11.8 Å². The molecular weight excluding hydrogens is 470 g/mol. The second-order valence-electron chi connectivity index (χ2n) is 10.2. The summed E-state index contributed by atoms with van der Waals surface area (Å²) >= 11 is 1.30. The van der Waals surface area contributed by atoms with Gasteiger partial charge in [-0.3, -0.25) is 0 Å². The number of ether oxygens (including phenoxy) is 3. The fourth-order valence-electron chi connectivity index (χ4n) is 3.35. The standard InChI is InChI=1S/C25H45N3O6S/c1-10-12-26-17(15(3)4)13-19(21-27-18(14-35-21)22(29)32-9)33-23(30)20(16(5)11-2)28-24(31)34-25(6,7)8/h14-17,19-20,22,26,29H,10-13H2,1-9H3,(H,28,31)/t16-,17+,19+,20-,22?/m0/s1. The Balaban J connectivity index is 3.20. The van der Waals surface area contributed by atoms with E-state index < -0.39 is 36.1 Å². The molecule has 0 saturated carbocycles. The molecule has 3 N–H and O–H groups in total. The summed E-state index contributed by atoms with van der Waals surface area (Å²) in [6.45, 7) is 16.3. The molecule has 0 bridgehead atoms. The lowest BCUT2D eigenvalue weighted by molar-refractivity contribution is -0.154. The van der Waals surface area contributed by atoms with Gasteiger partial charge in [0.2, 0.25) is 0 Å². The highest BCUT2D eigenvalue weighted by Crippen LogP contribution is 2.31. The van der Waals surface area contributed by atoms with E-state index in [0.717, 1.165) is 13.0 Å². The monoisotopic (exact) mass is 515 g/mol. The van der Waals surface area contributed by atoms with Crippen LogP contribution in [0.15, 0.2) is 5.38 Å². The number of hydrogen-bond donors (Lipinski definition) is 3. The van der Waals surface area contributed by atoms with Gasteiger partial charge in [0.05, 0.1) is 0 Å². The third-order valence-electron chi connectivity index (χ3n) is 5.62. The Morgan fingerprint density at radius 2 is 1.86 bits per heavy atom. The van der Waals surface area contributed by atoms with Crippen LogP contribution in [0.5, 0.6) is 0 Å². The van der Waals surface area contributed by atoms with E-state index in [1.54, 1.807) is 26.2 Å². The molecular formula is C25H45N3O6S. The van der Waals surface area contributed by atoms with Crippen molar-refractivity contribution < 1.29 is 28.9 Å². The summed E-state index contributed by atoms with van der Waals surface area (Å²) in [5.74, 6) is -0.425. The number of carbonyl (C=O) groups excluding carboxylic acids is 2. The van der Waals surface area contributed by atoms with Crippen LogP contribution in [-0.4, -0.2) is 53.5 Å². The van der Waals surface area contributed by atoms with Gasteiger partial charge >= 0.3 is 12.1 Å². The van der Waals surface area contributed by atoms with Gasteiger partial charge in [-0.2, -0.15) is 0 Å². The summed E-state index contributed by atoms with van der Waals surface area (Å²) in [5, 5.41) is 18.5. The lowest BCUT2D eigenvalue weighted by Gasteiger charge is -2.29. The first-order valence-electron chi connectivity index (χ1n) is 12.4. The Morgan fingerprint density at radius 1 is 1.20 bits per heavy atom. The summed E-state index contributed by atoms with van der Waals surface area (Å²) in [4.78, 5) is 30.3. The van der Waals surface area contributed by atoms with Gasteiger partial charge in [-0.25, -0.2) is 14.6 Å². The third kappa shape index (κ3) is 10.8. The van der Waals surface area contributed by atoms with Crippen LogP contribution < -0.4 is 10.6 Å². The molecule has 0 aromatic carbocycles. The number of nitrogens with zero attached hydrogens (tertiary/aromatic N) is 1. The molecule has 1 heterocycles. The van der Waals surface area contributed by atoms with E-state index in [-0.39, 0.29) is 17.9 Å². The van der Waals surface area contributed by atoms with Crippen molar-refractivity contribution in [3.05, 3.63) is 16.1 Å². The van der Waals surface area contributed by atoms with E-state index >= 15 is 0 Å². The number of rotatable bonds is 14. The van der Waals surface area contributed by atoms with E-state index in [1.807, 2.05) is 13.8 Å². The number of carbonyl (C=O) groups is 2. The fourth-order valence-corrected chi connectivity index (χ4v) is 4.22. The lowest BCUT2D eigenvalue weighted by Crippen LogP contribution is -2.48. The number of thiazole rings is 1. The predicted octanol–water partition coefficient (Wildman–Crippen LogP) is 4.72. The van der Waals surface area contributed by atoms with E-state index in [2.05, 4.69) is 36.4 Å². The summed E-state index contributed by atoms with van der Waals surface area (Å²) in [7, 11) is 1.39. The van der Waals surface area contributed by atoms with Crippen molar-refractivity contribution in [2.75, 3.05) is 13.7 Å². The normalized spacial score (nSPS) is 16.3. The molecule has 1 amide bonds. The number of esters is 1. The Bertz CT molecular complexity index is 779. The number of aliphatic hydroxyl groups excluding tert-OH is 1. The quantitative estimate of drug-likeness (QED) is 0.241. The summed E-state index contributed by atoms with van der Waals surface area (Å²) in [5.41, 5.74) is -0.327. The van der Waals surface area contributed by atoms with Crippen LogP contribution in [0.3, 0.4) is 0 Å². The first kappa shape index (κ1) is 31.3. The molecule has 1 aromatic rings. The van der Waals surface area contributed by atoms with Crippen LogP contribution in [0.1, 0.15) is 97.7 Å². The second-order valence-corrected chi connectivity index (χ2v) is 11.1. The smallest absolute Gasteiger partial charge is 0.408 e. The molecule has 0 saturated heterocycles. The zero-order chi connectivity index (χ0) is 26.8. The summed E-state index contributed by atoms with van der Waals surface area (Å²) in [6, 6.07) is -0.796. The van der Waals surface area contributed by atoms with Gasteiger partial charge in [0.15, 0.2) is 12.4 Å². The van der Waals surface area contributed by atoms with Crippen molar-refractivity contribution >= 4 is 23.4 Å². The fraction of sp³-hybridized carbons (Fsp3) is 0.800. The zero-order valence-electron chi connectivity index (χ0n) is 22.7. The average Bonchev–Trinajstić information content (AvgIpc) is 3.27. The van der Waals surface area contributed by atoms with Gasteiger partial charge in [-0.15, -0.1) is 11.3 Å². The van der Waals surface area contributed by atoms with Crippen molar-refractivity contribution in [1.82, 2.24) is 15.6 Å². The molecule has 1 unspecified atom stereocenters. The topological polar surface area (TPSA) is 119 Å². The summed E-state index contributed by atoms with van der Waals surface area (Å²) < 4.78 is 16.4. The number of alkyl carbamates (subject to hydrolysis) is 1. The summed E-state index contributed by atoms with van der Waals surface area (Å²) in [6.07, 6.45) is -0.342. The number of methoxy groups -OCH3 is 1. The van der Waals surface area contributed by atoms with E-state index in [9.17, 15) is 14.7 Å². The third-order valence-corrected chi connectivity index (χ3v) is 6.57. The predicted molar refractivity (Wildman–Crippen MR) is 137 cm³/mol. The second kappa shape index (κ2) is 14.7. The highest BCUT2D eigenvalue weighted by atomic mass is 32.1. The van der Waals surface area contributed by atoms with E-state index in [1.165, 1.54) is 18.4 Å². The zero-order valence-corrected chi connectivity index (χ0v) is 23.5. The largest absolute Gasteiger partial charge is 0.453 e. The number of amides is 1. The molecule has 1 aromatic heterocycles. The van der Waals surface area contributed by atoms with E-state index in [0.29, 0.717) is 23.5 Å². The average molecular weight is 516 g/mol. The molecule has 5 atom stereocenters. The molecule has 1 rings (SSSR count). The minimum absolute atomic E-state index is 0.0771. The van der Waals surface area contributed by atoms with Crippen molar-refractivity contribution in [3.63, 3.8) is 0 Å². The highest BCUT2D eigenvalue weighted by Gasteiger charge is 2.34. The number of aromatic nitrogens is 1. The molecule has 0 fully saturated rings. The molecule has 0 aliphatic rings. The Morgan fingerprint density at radius 3 is 2.37 bits per heavy atom. The molecule has 10 heteroatoms. The van der Waals surface area contributed by atoms with Crippen LogP contribution in [0.4, 0.5) is 4.79 Å². The lowest BCUT2D eigenvalue weighted by atomic mass is 9.97. The van der Waals surface area contributed by atoms with Crippen LogP contribution in [0, 0.1) is 11.8 Å². The molecule has 9 nitrogen and oxygen atoms in total.